The van der Waals surface area contributed by atoms with Crippen LogP contribution in [-0.4, -0.2) is 116 Å². The minimum absolute atomic E-state index is 0. The van der Waals surface area contributed by atoms with Crippen LogP contribution in [0.25, 0.3) is 0 Å². The first kappa shape index (κ1) is 101. The monoisotopic (exact) mass is 1230 g/mol. The molecule has 8 nitrogen and oxygen atoms in total. The molecule has 0 saturated carbocycles. The van der Waals surface area contributed by atoms with Gasteiger partial charge in [-0.2, -0.15) is 0 Å². The van der Waals surface area contributed by atoms with Crippen molar-refractivity contribution in [1.82, 2.24) is 0 Å². The van der Waals surface area contributed by atoms with Crippen molar-refractivity contribution in [3.63, 3.8) is 0 Å². The van der Waals surface area contributed by atoms with Crippen LogP contribution in [0.5, 0.6) is 0 Å². The van der Waals surface area contributed by atoms with Gasteiger partial charge in [-0.25, -0.2) is 0 Å². The number of hydrogen-bond acceptors (Lipinski definition) is 8. The van der Waals surface area contributed by atoms with Crippen LogP contribution < -0.4 is 20.4 Å². The van der Waals surface area contributed by atoms with Gasteiger partial charge in [0.25, 0.3) is 0 Å². The first-order chi connectivity index (χ1) is 39.1. The fraction of sp³-hybridized carbons (Fsp3) is 0.944. The van der Waals surface area contributed by atoms with Crippen molar-refractivity contribution < 1.29 is 39.6 Å². The molecule has 0 aromatic rings. The quantitative estimate of drug-likeness (QED) is 0.0430. The predicted octanol–water partition coefficient (Wildman–Crippen LogP) is 18.5. The van der Waals surface area contributed by atoms with Gasteiger partial charge in [-0.1, -0.05) is 387 Å². The van der Waals surface area contributed by atoms with Crippen LogP contribution in [0.15, 0.2) is 0 Å². The second-order valence-corrected chi connectivity index (χ2v) is 24.3. The van der Waals surface area contributed by atoms with Crippen molar-refractivity contribution in [3.05, 3.63) is 0 Å². The molecule has 480 valence electrons. The Balaban J connectivity index is -0.000000150. The molecule has 0 radical (unpaired) electrons. The molecule has 0 saturated heterocycles. The van der Waals surface area contributed by atoms with Crippen molar-refractivity contribution in [2.45, 2.75) is 439 Å². The molecule has 0 aromatic carbocycles. The van der Waals surface area contributed by atoms with E-state index in [0.717, 1.165) is 51.4 Å². The molecule has 0 aliphatic heterocycles. The summed E-state index contributed by atoms with van der Waals surface area (Å²) in [6.45, 7) is 9.07. The van der Waals surface area contributed by atoms with Crippen molar-refractivity contribution in [2.75, 3.05) is 0 Å². The Morgan fingerprint density at radius 3 is 0.298 bits per heavy atom. The van der Waals surface area contributed by atoms with Gasteiger partial charge in [0.05, 0.1) is 0 Å². The summed E-state index contributed by atoms with van der Waals surface area (Å²) in [5.74, 6) is -3.61. The van der Waals surface area contributed by atoms with Crippen molar-refractivity contribution in [3.8, 4) is 0 Å². The smallest absolute Gasteiger partial charge is 0.550 e. The average molecular weight is 1230 g/mol. The fourth-order valence-electron chi connectivity index (χ4n) is 10.6. The molecule has 0 spiro atoms. The van der Waals surface area contributed by atoms with Crippen LogP contribution in [0.1, 0.15) is 439 Å². The van der Waals surface area contributed by atoms with Crippen LogP contribution >= 0.6 is 0 Å². The molecule has 12 heteroatoms. The summed E-state index contributed by atoms with van der Waals surface area (Å²) in [5.41, 5.74) is 0. The van der Waals surface area contributed by atoms with Gasteiger partial charge in [-0.3, -0.25) is 0 Å². The Bertz CT molecular complexity index is 1010. The average Bonchev–Trinajstić information content (AvgIpc) is 3.43. The molecule has 0 aliphatic carbocycles. The summed E-state index contributed by atoms with van der Waals surface area (Å²) in [6, 6.07) is 0. The van der Waals surface area contributed by atoms with Crippen LogP contribution in [0.2, 0.25) is 0 Å². The van der Waals surface area contributed by atoms with Gasteiger partial charge < -0.3 is 39.6 Å². The summed E-state index contributed by atoms with van der Waals surface area (Å²) in [6.07, 6.45) is 79.4. The van der Waals surface area contributed by atoms with Crippen molar-refractivity contribution in [2.24, 2.45) is 0 Å². The number of carbonyl (C=O) groups excluding carboxylic acids is 4. The number of hydrogen-bond donors (Lipinski definition) is 0. The Labute approximate surface area is 589 Å². The summed E-state index contributed by atoms with van der Waals surface area (Å²) in [5, 5.41) is 40.9. The minimum atomic E-state index is -0.903. The molecular weight excluding hydrogens is 1090 g/mol. The van der Waals surface area contributed by atoms with Crippen molar-refractivity contribution in [1.29, 1.82) is 0 Å². The number of carbonyl (C=O) groups is 4. The predicted molar refractivity (Wildman–Crippen MR) is 361 cm³/mol. The van der Waals surface area contributed by atoms with Crippen molar-refractivity contribution >= 4 is 116 Å². The molecule has 0 N–H and O–H groups in total. The topological polar surface area (TPSA) is 161 Å². The van der Waals surface area contributed by atoms with E-state index >= 15 is 0 Å². The van der Waals surface area contributed by atoms with Crippen LogP contribution in [0, 0.1) is 0 Å². The number of unbranched alkanes of at least 4 members (excludes halogenated alkanes) is 56. The van der Waals surface area contributed by atoms with E-state index in [1.54, 1.807) is 0 Å². The maximum atomic E-state index is 10.2. The second kappa shape index (κ2) is 97.5. The summed E-state index contributed by atoms with van der Waals surface area (Å²) >= 11 is 0. The Hall–Kier alpha value is 0.945. The molecule has 0 unspecified atom stereocenters. The molecule has 0 atom stereocenters. The van der Waals surface area contributed by atoms with E-state index < -0.39 is 23.9 Å². The van der Waals surface area contributed by atoms with Crippen LogP contribution in [0.4, 0.5) is 0 Å². The molecule has 0 aliphatic rings. The summed E-state index contributed by atoms with van der Waals surface area (Å²) in [7, 11) is 0. The van der Waals surface area contributed by atoms with E-state index in [1.807, 2.05) is 0 Å². The number of rotatable bonds is 64. The van der Waals surface area contributed by atoms with Gasteiger partial charge in [0, 0.05) is 23.9 Å². The number of carboxylic acids is 4. The minimum Gasteiger partial charge on any atom is -0.550 e. The maximum Gasteiger partial charge on any atom is 2.00 e. The van der Waals surface area contributed by atoms with E-state index in [-0.39, 0.29) is 118 Å². The number of aliphatic carboxylic acids is 4. The Morgan fingerprint density at radius 2 is 0.226 bits per heavy atom. The van der Waals surface area contributed by atoms with E-state index in [4.69, 9.17) is 0 Å². The molecule has 0 rings (SSSR count). The van der Waals surface area contributed by atoms with E-state index in [1.165, 1.54) is 334 Å². The summed E-state index contributed by atoms with van der Waals surface area (Å²) in [4.78, 5) is 40.9. The molecule has 84 heavy (non-hydrogen) atoms. The SMILES string of the molecule is CCCCCCCCCCCCCCCCCC(=O)[O-].CCCCCCCCCCCCCCCCCC(=O)[O-].CCCCCCCCCCCCCCCCCC(=O)[O-].CCCCCCCCCCCCCCCCCC(=O)[O-].[Mg+2].[Mg+2].[Mg+2].[Mg+2]. The third-order valence-corrected chi connectivity index (χ3v) is 15.9. The van der Waals surface area contributed by atoms with Gasteiger partial charge in [-0.05, 0) is 51.4 Å². The standard InChI is InChI=1S/4C18H36O2.4Mg/c4*1-2-3-4-5-6-7-8-9-10-11-12-13-14-15-16-17-18(19)20;;;;/h4*2-17H2,1H3,(H,19,20);;;;/q;;;;4*+2/p-4. The first-order valence-electron chi connectivity index (χ1n) is 35.9. The van der Waals surface area contributed by atoms with E-state index in [9.17, 15) is 39.6 Å². The molecule has 0 fully saturated rings. The van der Waals surface area contributed by atoms with Gasteiger partial charge >= 0.3 is 92.2 Å². The third-order valence-electron chi connectivity index (χ3n) is 15.9. The first-order valence-corrected chi connectivity index (χ1v) is 35.9. The summed E-state index contributed by atoms with van der Waals surface area (Å²) < 4.78 is 0. The molecule has 0 amide bonds. The van der Waals surface area contributed by atoms with Crippen LogP contribution in [0.3, 0.4) is 0 Å². The zero-order valence-corrected chi connectivity index (χ0v) is 63.0. The zero-order valence-electron chi connectivity index (χ0n) is 57.3. The molecule has 0 heterocycles. The molecule has 0 bridgehead atoms. The Morgan fingerprint density at radius 1 is 0.155 bits per heavy atom. The number of carboxylic acid groups (broad SMARTS) is 4. The fourth-order valence-corrected chi connectivity index (χ4v) is 10.6. The van der Waals surface area contributed by atoms with Gasteiger partial charge in [-0.15, -0.1) is 0 Å². The van der Waals surface area contributed by atoms with Gasteiger partial charge in [0.15, 0.2) is 0 Å². The largest absolute Gasteiger partial charge is 2.00 e. The molecular formula is C72H140Mg4O8+4. The van der Waals surface area contributed by atoms with Crippen LogP contribution in [-0.2, 0) is 19.2 Å². The third kappa shape index (κ3) is 117. The Kier molecular flexibility index (Phi) is 117. The normalized spacial score (nSPS) is 10.3. The van der Waals surface area contributed by atoms with E-state index in [0.29, 0.717) is 0 Å². The van der Waals surface area contributed by atoms with Gasteiger partial charge in [0.1, 0.15) is 0 Å². The molecule has 0 aromatic heterocycles. The maximum absolute atomic E-state index is 10.2. The van der Waals surface area contributed by atoms with E-state index in [2.05, 4.69) is 27.7 Å². The van der Waals surface area contributed by atoms with Gasteiger partial charge in [0.2, 0.25) is 0 Å². The second-order valence-electron chi connectivity index (χ2n) is 24.3. The zero-order chi connectivity index (χ0) is 59.6.